The lowest BCUT2D eigenvalue weighted by molar-refractivity contribution is -0.145. The second-order valence-corrected chi connectivity index (χ2v) is 9.66. The number of piperidine rings is 1. The third kappa shape index (κ3) is 4.93. The summed E-state index contributed by atoms with van der Waals surface area (Å²) in [5, 5.41) is 4.54. The predicted octanol–water partition coefficient (Wildman–Crippen LogP) is 6.51. The van der Waals surface area contributed by atoms with Crippen LogP contribution in [-0.2, 0) is 10.9 Å². The number of rotatable bonds is 6. The molecule has 1 aromatic carbocycles. The number of anilines is 1. The Bertz CT molecular complexity index is 1260. The van der Waals surface area contributed by atoms with Gasteiger partial charge in [0.1, 0.15) is 5.56 Å². The number of alkyl halides is 3. The Balaban J connectivity index is 1.47. The van der Waals surface area contributed by atoms with Crippen LogP contribution in [0.15, 0.2) is 42.7 Å². The van der Waals surface area contributed by atoms with E-state index in [0.29, 0.717) is 30.3 Å². The van der Waals surface area contributed by atoms with E-state index in [4.69, 9.17) is 16.3 Å². The van der Waals surface area contributed by atoms with Gasteiger partial charge in [0.2, 0.25) is 0 Å². The molecule has 2 fully saturated rings. The number of nitrogens with zero attached hydrogens (tertiary/aromatic N) is 4. The molecule has 5 rings (SSSR count). The summed E-state index contributed by atoms with van der Waals surface area (Å²) in [6.07, 6.45) is 1.54. The van der Waals surface area contributed by atoms with Gasteiger partial charge in [-0.2, -0.15) is 18.3 Å². The van der Waals surface area contributed by atoms with E-state index in [1.54, 1.807) is 13.0 Å². The van der Waals surface area contributed by atoms with Crippen molar-refractivity contribution in [2.24, 2.45) is 0 Å². The smallest absolute Gasteiger partial charge is 0.433 e. The summed E-state index contributed by atoms with van der Waals surface area (Å²) in [6, 6.07) is 9.06. The number of halogens is 4. The molecule has 3 aromatic rings. The minimum atomic E-state index is -4.75. The lowest BCUT2D eigenvalue weighted by atomic mass is 10.00. The monoisotopic (exact) mass is 518 g/mol. The quantitative estimate of drug-likeness (QED) is 0.348. The molecule has 1 saturated carbocycles. The number of pyridine rings is 1. The van der Waals surface area contributed by atoms with Gasteiger partial charge in [-0.15, -0.1) is 0 Å². The number of esters is 1. The zero-order chi connectivity index (χ0) is 25.4. The van der Waals surface area contributed by atoms with Crippen molar-refractivity contribution in [2.45, 2.75) is 50.7 Å². The van der Waals surface area contributed by atoms with E-state index in [1.807, 2.05) is 35.4 Å². The predicted molar refractivity (Wildman–Crippen MR) is 130 cm³/mol. The summed E-state index contributed by atoms with van der Waals surface area (Å²) in [5.41, 5.74) is 2.12. The fraction of sp³-hybridized carbons (Fsp3) is 0.423. The molecule has 0 amide bonds. The molecular formula is C26H26ClF3N4O2. The van der Waals surface area contributed by atoms with E-state index in [0.717, 1.165) is 33.4 Å². The molecule has 2 aromatic heterocycles. The van der Waals surface area contributed by atoms with Crippen molar-refractivity contribution in [2.75, 3.05) is 24.6 Å². The summed E-state index contributed by atoms with van der Waals surface area (Å²) < 4.78 is 47.9. The van der Waals surface area contributed by atoms with Gasteiger partial charge >= 0.3 is 12.1 Å². The van der Waals surface area contributed by atoms with E-state index in [9.17, 15) is 18.0 Å². The second-order valence-electron chi connectivity index (χ2n) is 9.22. The highest BCUT2D eigenvalue weighted by molar-refractivity contribution is 6.31. The maximum absolute atomic E-state index is 14.0. The third-order valence-corrected chi connectivity index (χ3v) is 6.93. The Labute approximate surface area is 212 Å². The van der Waals surface area contributed by atoms with Gasteiger partial charge in [0.05, 0.1) is 18.8 Å². The van der Waals surface area contributed by atoms with Gasteiger partial charge in [-0.3, -0.25) is 9.67 Å². The Morgan fingerprint density at radius 1 is 1.17 bits per heavy atom. The highest BCUT2D eigenvalue weighted by Gasteiger charge is 2.42. The summed E-state index contributed by atoms with van der Waals surface area (Å²) >= 11 is 6.34. The van der Waals surface area contributed by atoms with E-state index in [-0.39, 0.29) is 13.2 Å². The van der Waals surface area contributed by atoms with E-state index < -0.39 is 29.4 Å². The van der Waals surface area contributed by atoms with Crippen LogP contribution in [0.4, 0.5) is 18.9 Å². The van der Waals surface area contributed by atoms with Crippen LogP contribution in [-0.4, -0.2) is 40.4 Å². The van der Waals surface area contributed by atoms with E-state index >= 15 is 0 Å². The number of hydrogen-bond donors (Lipinski definition) is 0. The molecule has 1 aliphatic carbocycles. The largest absolute Gasteiger partial charge is 0.462 e. The fourth-order valence-corrected chi connectivity index (χ4v) is 5.02. The molecule has 0 bridgehead atoms. The second kappa shape index (κ2) is 9.76. The molecule has 0 radical (unpaired) electrons. The Hall–Kier alpha value is -3.07. The number of carbonyl (C=O) groups is 1. The van der Waals surface area contributed by atoms with Crippen molar-refractivity contribution >= 4 is 23.3 Å². The summed E-state index contributed by atoms with van der Waals surface area (Å²) in [5.74, 6) is -0.481. The first kappa shape index (κ1) is 24.6. The molecule has 2 aliphatic rings. The molecule has 0 N–H and O–H groups in total. The van der Waals surface area contributed by atoms with Gasteiger partial charge < -0.3 is 9.64 Å². The lowest BCUT2D eigenvalue weighted by Gasteiger charge is -2.36. The fourth-order valence-electron chi connectivity index (χ4n) is 4.85. The molecule has 1 unspecified atom stereocenters. The average molecular weight is 519 g/mol. The molecule has 10 heteroatoms. The van der Waals surface area contributed by atoms with Crippen LogP contribution >= 0.6 is 11.6 Å². The SMILES string of the molecule is CCOC(=O)c1cnn(C2CCCN(c3cc(Cl)ccc3-c3ccc(C4CC4)nc3)C2)c1C(F)(F)F. The summed E-state index contributed by atoms with van der Waals surface area (Å²) in [7, 11) is 0. The first-order valence-electron chi connectivity index (χ1n) is 12.1. The normalized spacial score (nSPS) is 18.4. The highest BCUT2D eigenvalue weighted by Crippen LogP contribution is 2.41. The van der Waals surface area contributed by atoms with Crippen molar-refractivity contribution in [3.63, 3.8) is 0 Å². The van der Waals surface area contributed by atoms with Gasteiger partial charge in [-0.25, -0.2) is 4.79 Å². The molecule has 6 nitrogen and oxygen atoms in total. The molecule has 1 atom stereocenters. The molecule has 190 valence electrons. The van der Waals surface area contributed by atoms with Gasteiger partial charge in [0, 0.05) is 52.7 Å². The summed E-state index contributed by atoms with van der Waals surface area (Å²) in [4.78, 5) is 18.9. The molecule has 0 spiro atoms. The van der Waals surface area contributed by atoms with Crippen LogP contribution in [0.1, 0.15) is 66.3 Å². The van der Waals surface area contributed by atoms with E-state index in [1.165, 1.54) is 12.8 Å². The number of aromatic nitrogens is 3. The van der Waals surface area contributed by atoms with Crippen molar-refractivity contribution in [1.29, 1.82) is 0 Å². The zero-order valence-corrected chi connectivity index (χ0v) is 20.5. The highest BCUT2D eigenvalue weighted by atomic mass is 35.5. The van der Waals surface area contributed by atoms with Crippen molar-refractivity contribution in [1.82, 2.24) is 14.8 Å². The van der Waals surface area contributed by atoms with E-state index in [2.05, 4.69) is 10.1 Å². The number of hydrogen-bond acceptors (Lipinski definition) is 5. The molecular weight excluding hydrogens is 493 g/mol. The molecule has 1 aliphatic heterocycles. The maximum Gasteiger partial charge on any atom is 0.433 e. The van der Waals surface area contributed by atoms with Crippen LogP contribution in [0.5, 0.6) is 0 Å². The number of carbonyl (C=O) groups excluding carboxylic acids is 1. The van der Waals surface area contributed by atoms with Crippen LogP contribution in [0.3, 0.4) is 0 Å². The van der Waals surface area contributed by atoms with Gasteiger partial charge in [-0.05, 0) is 50.8 Å². The Morgan fingerprint density at radius 2 is 1.97 bits per heavy atom. The van der Waals surface area contributed by atoms with Crippen LogP contribution in [0.2, 0.25) is 5.02 Å². The molecule has 36 heavy (non-hydrogen) atoms. The van der Waals surface area contributed by atoms with Crippen LogP contribution in [0.25, 0.3) is 11.1 Å². The Kier molecular flexibility index (Phi) is 6.68. The minimum absolute atomic E-state index is 0.0213. The van der Waals surface area contributed by atoms with Crippen LogP contribution < -0.4 is 4.90 Å². The van der Waals surface area contributed by atoms with Crippen molar-refractivity contribution < 1.29 is 22.7 Å². The van der Waals surface area contributed by atoms with Gasteiger partial charge in [-0.1, -0.05) is 23.7 Å². The van der Waals surface area contributed by atoms with Crippen LogP contribution in [0, 0.1) is 0 Å². The van der Waals surface area contributed by atoms with Gasteiger partial charge in [0.15, 0.2) is 5.69 Å². The third-order valence-electron chi connectivity index (χ3n) is 6.70. The first-order valence-corrected chi connectivity index (χ1v) is 12.5. The maximum atomic E-state index is 14.0. The minimum Gasteiger partial charge on any atom is -0.462 e. The number of ether oxygens (including phenoxy) is 1. The standard InChI is InChI=1S/C26H26ClF3N4O2/c1-2-36-25(35)21-14-32-34(24(21)26(28,29)30)19-4-3-11-33(15-19)23-12-18(27)8-9-20(23)17-7-10-22(31-13-17)16-5-6-16/h7-10,12-14,16,19H,2-6,11,15H2,1H3. The van der Waals surface area contributed by atoms with Crippen molar-refractivity contribution in [3.05, 3.63) is 64.7 Å². The first-order chi connectivity index (χ1) is 17.3. The number of benzene rings is 1. The lowest BCUT2D eigenvalue weighted by Crippen LogP contribution is -2.38. The van der Waals surface area contributed by atoms with Gasteiger partial charge in [0.25, 0.3) is 0 Å². The zero-order valence-electron chi connectivity index (χ0n) is 19.8. The van der Waals surface area contributed by atoms with Crippen molar-refractivity contribution in [3.8, 4) is 11.1 Å². The Morgan fingerprint density at radius 3 is 2.64 bits per heavy atom. The molecule has 3 heterocycles. The summed E-state index contributed by atoms with van der Waals surface area (Å²) in [6.45, 7) is 2.47. The molecule has 1 saturated heterocycles. The average Bonchev–Trinajstić information content (AvgIpc) is 3.60. The topological polar surface area (TPSA) is 60.2 Å².